The molecular weight excluding hydrogens is 194 g/mol. The first-order valence-corrected chi connectivity index (χ1v) is 4.77. The van der Waals surface area contributed by atoms with E-state index in [4.69, 9.17) is 12.2 Å². The van der Waals surface area contributed by atoms with E-state index in [0.29, 0.717) is 0 Å². The molecule has 0 aromatic carbocycles. The average Bonchev–Trinajstić information content (AvgIpc) is 2.45. The summed E-state index contributed by atoms with van der Waals surface area (Å²) >= 11 is 5.10. The van der Waals surface area contributed by atoms with Gasteiger partial charge in [-0.25, -0.2) is 0 Å². The smallest absolute Gasteiger partial charge is 0.0686 e. The summed E-state index contributed by atoms with van der Waals surface area (Å²) in [5.41, 5.74) is 3.12. The number of nitrogens with one attached hydrogen (secondary N) is 1. The third kappa shape index (κ3) is 1.61. The number of hydrogen-bond acceptors (Lipinski definition) is 2. The molecule has 2 aromatic heterocycles. The Balaban J connectivity index is 2.59. The first-order valence-electron chi connectivity index (χ1n) is 4.36. The van der Waals surface area contributed by atoms with Gasteiger partial charge in [-0.1, -0.05) is 12.2 Å². The predicted molar refractivity (Wildman–Crippen MR) is 58.6 cm³/mol. The van der Waals surface area contributed by atoms with Crippen LogP contribution in [0.2, 0.25) is 0 Å². The highest BCUT2D eigenvalue weighted by Gasteiger charge is 2.05. The second-order valence-corrected chi connectivity index (χ2v) is 3.71. The number of nitrogens with zero attached hydrogens (tertiary/aromatic N) is 2. The van der Waals surface area contributed by atoms with Gasteiger partial charge in [0.2, 0.25) is 0 Å². The third-order valence-electron chi connectivity index (χ3n) is 2.08. The molecular formula is C10H11N3S. The molecule has 0 bridgehead atoms. The van der Waals surface area contributed by atoms with Crippen LogP contribution < -0.4 is 0 Å². The summed E-state index contributed by atoms with van der Waals surface area (Å²) in [4.78, 5) is 3.16. The van der Waals surface area contributed by atoms with Crippen molar-refractivity contribution in [3.8, 4) is 11.3 Å². The molecule has 0 saturated carbocycles. The van der Waals surface area contributed by atoms with Crippen molar-refractivity contribution >= 4 is 12.2 Å². The van der Waals surface area contributed by atoms with E-state index in [9.17, 15) is 0 Å². The highest BCUT2D eigenvalue weighted by molar-refractivity contribution is 7.71. The maximum atomic E-state index is 5.10. The summed E-state index contributed by atoms with van der Waals surface area (Å²) in [7, 11) is 1.91. The van der Waals surface area contributed by atoms with Crippen LogP contribution in [-0.2, 0) is 7.05 Å². The molecule has 0 fully saturated rings. The van der Waals surface area contributed by atoms with E-state index in [0.717, 1.165) is 21.5 Å². The van der Waals surface area contributed by atoms with Gasteiger partial charge in [0.05, 0.1) is 11.4 Å². The standard InChI is InChI=1S/C10H11N3S/c1-7-9(6-13(2)12-7)10-5-8(14)3-4-11-10/h3-6H,1-2H3,(H,11,14). The van der Waals surface area contributed by atoms with Crippen molar-refractivity contribution in [3.05, 3.63) is 34.7 Å². The van der Waals surface area contributed by atoms with Crippen LogP contribution in [0.4, 0.5) is 0 Å². The number of pyridine rings is 1. The number of aromatic amines is 1. The molecule has 0 spiro atoms. The molecule has 0 aliphatic rings. The van der Waals surface area contributed by atoms with Gasteiger partial charge < -0.3 is 4.98 Å². The SMILES string of the molecule is Cc1nn(C)cc1-c1cc(=S)cc[nH]1. The zero-order chi connectivity index (χ0) is 10.1. The zero-order valence-electron chi connectivity index (χ0n) is 8.11. The minimum atomic E-state index is 0.835. The molecule has 2 aromatic rings. The topological polar surface area (TPSA) is 33.6 Å². The average molecular weight is 205 g/mol. The van der Waals surface area contributed by atoms with Gasteiger partial charge in [-0.15, -0.1) is 0 Å². The summed E-state index contributed by atoms with van der Waals surface area (Å²) in [6.45, 7) is 1.99. The van der Waals surface area contributed by atoms with Crippen molar-refractivity contribution in [3.63, 3.8) is 0 Å². The molecule has 0 aliphatic heterocycles. The monoisotopic (exact) mass is 205 g/mol. The van der Waals surface area contributed by atoms with E-state index in [1.54, 1.807) is 4.68 Å². The molecule has 0 atom stereocenters. The van der Waals surface area contributed by atoms with E-state index >= 15 is 0 Å². The molecule has 2 heterocycles. The Morgan fingerprint density at radius 2 is 2.29 bits per heavy atom. The number of rotatable bonds is 1. The molecule has 4 heteroatoms. The molecule has 0 aliphatic carbocycles. The molecule has 14 heavy (non-hydrogen) atoms. The van der Waals surface area contributed by atoms with E-state index in [1.165, 1.54) is 0 Å². The Kier molecular flexibility index (Phi) is 2.21. The predicted octanol–water partition coefficient (Wildman–Crippen LogP) is 2.45. The largest absolute Gasteiger partial charge is 0.361 e. The Labute approximate surface area is 87.4 Å². The van der Waals surface area contributed by atoms with Gasteiger partial charge >= 0.3 is 0 Å². The first kappa shape index (κ1) is 9.15. The molecule has 2 rings (SSSR count). The van der Waals surface area contributed by atoms with Crippen molar-refractivity contribution in [1.29, 1.82) is 0 Å². The van der Waals surface area contributed by atoms with Crippen LogP contribution >= 0.6 is 12.2 Å². The molecule has 72 valence electrons. The molecule has 0 saturated heterocycles. The highest BCUT2D eigenvalue weighted by atomic mass is 32.1. The maximum absolute atomic E-state index is 5.10. The van der Waals surface area contributed by atoms with Crippen molar-refractivity contribution < 1.29 is 0 Å². The lowest BCUT2D eigenvalue weighted by Crippen LogP contribution is -1.86. The van der Waals surface area contributed by atoms with Crippen LogP contribution in [0.3, 0.4) is 0 Å². The van der Waals surface area contributed by atoms with Crippen LogP contribution in [-0.4, -0.2) is 14.8 Å². The summed E-state index contributed by atoms with van der Waals surface area (Å²) < 4.78 is 2.64. The van der Waals surface area contributed by atoms with Crippen LogP contribution in [0, 0.1) is 11.4 Å². The van der Waals surface area contributed by atoms with E-state index < -0.39 is 0 Å². The molecule has 3 nitrogen and oxygen atoms in total. The quantitative estimate of drug-likeness (QED) is 0.725. The Morgan fingerprint density at radius 3 is 2.86 bits per heavy atom. The van der Waals surface area contributed by atoms with Gasteiger partial charge in [0.1, 0.15) is 0 Å². The zero-order valence-corrected chi connectivity index (χ0v) is 8.93. The number of aryl methyl sites for hydroxylation is 2. The van der Waals surface area contributed by atoms with Gasteiger partial charge in [0.25, 0.3) is 0 Å². The van der Waals surface area contributed by atoms with E-state index in [2.05, 4.69) is 10.1 Å². The summed E-state index contributed by atoms with van der Waals surface area (Å²) in [6, 6.07) is 3.81. The summed E-state index contributed by atoms with van der Waals surface area (Å²) in [5.74, 6) is 0. The van der Waals surface area contributed by atoms with Gasteiger partial charge in [0, 0.05) is 29.5 Å². The lowest BCUT2D eigenvalue weighted by Gasteiger charge is -1.97. The first-order chi connectivity index (χ1) is 6.66. The van der Waals surface area contributed by atoms with E-state index in [1.807, 2.05) is 38.5 Å². The fourth-order valence-corrected chi connectivity index (χ4v) is 1.65. The molecule has 0 amide bonds. The summed E-state index contributed by atoms with van der Waals surface area (Å²) in [5, 5.41) is 4.28. The number of H-pyrrole nitrogens is 1. The Hall–Kier alpha value is -1.42. The molecule has 0 radical (unpaired) electrons. The van der Waals surface area contributed by atoms with E-state index in [-0.39, 0.29) is 0 Å². The number of hydrogen-bond donors (Lipinski definition) is 1. The lowest BCUT2D eigenvalue weighted by atomic mass is 10.2. The fourth-order valence-electron chi connectivity index (χ4n) is 1.47. The Bertz CT molecular complexity index is 510. The lowest BCUT2D eigenvalue weighted by molar-refractivity contribution is 0.756. The Morgan fingerprint density at radius 1 is 1.50 bits per heavy atom. The van der Waals surface area contributed by atoms with Crippen LogP contribution in [0.5, 0.6) is 0 Å². The fraction of sp³-hybridized carbons (Fsp3) is 0.200. The van der Waals surface area contributed by atoms with Gasteiger partial charge in [-0.2, -0.15) is 5.10 Å². The minimum Gasteiger partial charge on any atom is -0.361 e. The number of aromatic nitrogens is 3. The second kappa shape index (κ2) is 3.38. The van der Waals surface area contributed by atoms with Gasteiger partial charge in [-0.3, -0.25) is 4.68 Å². The molecule has 1 N–H and O–H groups in total. The van der Waals surface area contributed by atoms with Crippen molar-refractivity contribution in [1.82, 2.24) is 14.8 Å². The second-order valence-electron chi connectivity index (χ2n) is 3.24. The van der Waals surface area contributed by atoms with Crippen molar-refractivity contribution in [2.24, 2.45) is 7.05 Å². The van der Waals surface area contributed by atoms with Gasteiger partial charge in [-0.05, 0) is 19.1 Å². The maximum Gasteiger partial charge on any atom is 0.0686 e. The van der Waals surface area contributed by atoms with Crippen LogP contribution in [0.25, 0.3) is 11.3 Å². The van der Waals surface area contributed by atoms with Crippen molar-refractivity contribution in [2.75, 3.05) is 0 Å². The van der Waals surface area contributed by atoms with Gasteiger partial charge in [0.15, 0.2) is 0 Å². The third-order valence-corrected chi connectivity index (χ3v) is 2.33. The normalized spacial score (nSPS) is 10.4. The van der Waals surface area contributed by atoms with Crippen LogP contribution in [0.15, 0.2) is 24.5 Å². The molecule has 0 unspecified atom stereocenters. The highest BCUT2D eigenvalue weighted by Crippen LogP contribution is 2.19. The minimum absolute atomic E-state index is 0.835. The summed E-state index contributed by atoms with van der Waals surface area (Å²) in [6.07, 6.45) is 3.83. The van der Waals surface area contributed by atoms with Crippen molar-refractivity contribution in [2.45, 2.75) is 6.92 Å². The van der Waals surface area contributed by atoms with Crippen LogP contribution in [0.1, 0.15) is 5.69 Å².